The van der Waals surface area contributed by atoms with Crippen molar-refractivity contribution in [3.8, 4) is 0 Å². The molecule has 0 spiro atoms. The highest BCUT2D eigenvalue weighted by molar-refractivity contribution is 7.12. The smallest absolute Gasteiger partial charge is 0.261 e. The van der Waals surface area contributed by atoms with Crippen molar-refractivity contribution in [3.05, 3.63) is 51.0 Å². The fourth-order valence-corrected chi connectivity index (χ4v) is 3.18. The van der Waals surface area contributed by atoms with Crippen LogP contribution in [-0.4, -0.2) is 17.4 Å². The fraction of sp³-hybridized carbons (Fsp3) is 0.333. The van der Waals surface area contributed by atoms with Crippen molar-refractivity contribution in [3.63, 3.8) is 0 Å². The third-order valence-corrected chi connectivity index (χ3v) is 4.51. The van der Waals surface area contributed by atoms with Crippen LogP contribution in [0, 0.1) is 6.92 Å². The van der Waals surface area contributed by atoms with Crippen LogP contribution in [-0.2, 0) is 19.5 Å². The van der Waals surface area contributed by atoms with Gasteiger partial charge in [0, 0.05) is 25.0 Å². The minimum Gasteiger partial charge on any atom is -0.347 e. The van der Waals surface area contributed by atoms with E-state index in [1.54, 1.807) is 0 Å². The number of amides is 1. The number of nitrogens with zero attached hydrogens (tertiary/aromatic N) is 1. The lowest BCUT2D eigenvalue weighted by Gasteiger charge is -2.21. The number of thiophene rings is 1. The Morgan fingerprint density at radius 3 is 3.25 bits per heavy atom. The summed E-state index contributed by atoms with van der Waals surface area (Å²) in [6.07, 6.45) is 2.95. The Kier molecular flexibility index (Phi) is 3.80. The van der Waals surface area contributed by atoms with Crippen molar-refractivity contribution in [1.29, 1.82) is 0 Å². The van der Waals surface area contributed by atoms with Crippen molar-refractivity contribution < 1.29 is 4.79 Å². The van der Waals surface area contributed by atoms with Gasteiger partial charge in [-0.1, -0.05) is 6.07 Å². The van der Waals surface area contributed by atoms with E-state index in [1.807, 2.05) is 30.6 Å². The Morgan fingerprint density at radius 2 is 2.45 bits per heavy atom. The van der Waals surface area contributed by atoms with Crippen LogP contribution in [0.1, 0.15) is 32.1 Å². The number of aromatic nitrogens is 1. The molecule has 0 fully saturated rings. The van der Waals surface area contributed by atoms with Gasteiger partial charge in [0.15, 0.2) is 0 Å². The molecule has 3 heterocycles. The molecule has 104 valence electrons. The molecule has 2 aromatic rings. The van der Waals surface area contributed by atoms with Crippen LogP contribution in [0.15, 0.2) is 23.7 Å². The summed E-state index contributed by atoms with van der Waals surface area (Å²) in [7, 11) is 0. The standard InChI is InChI=1S/C15H17N3OS/c1-10-13(9-18-15(19)14-3-2-6-20-14)12-4-5-16-7-11(12)8-17-10/h2-3,6,8,16H,4-5,7,9H2,1H3,(H,18,19). The van der Waals surface area contributed by atoms with Crippen molar-refractivity contribution in [2.24, 2.45) is 0 Å². The van der Waals surface area contributed by atoms with Gasteiger partial charge in [0.1, 0.15) is 0 Å². The highest BCUT2D eigenvalue weighted by Crippen LogP contribution is 2.20. The first kappa shape index (κ1) is 13.3. The van der Waals surface area contributed by atoms with E-state index in [4.69, 9.17) is 0 Å². The summed E-state index contributed by atoms with van der Waals surface area (Å²) < 4.78 is 0. The largest absolute Gasteiger partial charge is 0.347 e. The number of pyridine rings is 1. The molecule has 4 nitrogen and oxygen atoms in total. The van der Waals surface area contributed by atoms with Gasteiger partial charge in [0.05, 0.1) is 4.88 Å². The molecule has 0 atom stereocenters. The topological polar surface area (TPSA) is 54.0 Å². The molecule has 1 amide bonds. The average Bonchev–Trinajstić information content (AvgIpc) is 3.00. The molecule has 2 N–H and O–H groups in total. The number of fused-ring (bicyclic) bond motifs is 1. The zero-order chi connectivity index (χ0) is 13.9. The Hall–Kier alpha value is -1.72. The van der Waals surface area contributed by atoms with Crippen LogP contribution in [0.25, 0.3) is 0 Å². The van der Waals surface area contributed by atoms with Crippen molar-refractivity contribution in [2.45, 2.75) is 26.4 Å². The van der Waals surface area contributed by atoms with E-state index in [-0.39, 0.29) is 5.91 Å². The second-order valence-electron chi connectivity index (χ2n) is 4.91. The predicted octanol–water partition coefficient (Wildman–Crippen LogP) is 2.03. The minimum atomic E-state index is -0.00839. The van der Waals surface area contributed by atoms with Crippen LogP contribution >= 0.6 is 11.3 Å². The van der Waals surface area contributed by atoms with Gasteiger partial charge in [-0.15, -0.1) is 11.3 Å². The maximum atomic E-state index is 12.0. The summed E-state index contributed by atoms with van der Waals surface area (Å²) in [5.74, 6) is -0.00839. The molecular weight excluding hydrogens is 270 g/mol. The number of rotatable bonds is 3. The van der Waals surface area contributed by atoms with E-state index >= 15 is 0 Å². The molecule has 0 aliphatic carbocycles. The molecule has 1 aliphatic heterocycles. The molecule has 0 saturated heterocycles. The van der Waals surface area contributed by atoms with Crippen LogP contribution in [0.4, 0.5) is 0 Å². The third-order valence-electron chi connectivity index (χ3n) is 3.64. The molecule has 0 aromatic carbocycles. The lowest BCUT2D eigenvalue weighted by Crippen LogP contribution is -2.28. The van der Waals surface area contributed by atoms with Gasteiger partial charge in [-0.3, -0.25) is 9.78 Å². The first-order valence-electron chi connectivity index (χ1n) is 6.74. The highest BCUT2D eigenvalue weighted by atomic mass is 32.1. The predicted molar refractivity (Wildman–Crippen MR) is 79.9 cm³/mol. The normalized spacial score (nSPS) is 13.8. The summed E-state index contributed by atoms with van der Waals surface area (Å²) >= 11 is 1.46. The maximum Gasteiger partial charge on any atom is 0.261 e. The number of carbonyl (C=O) groups is 1. The van der Waals surface area contributed by atoms with Crippen molar-refractivity contribution in [1.82, 2.24) is 15.6 Å². The van der Waals surface area contributed by atoms with E-state index in [0.29, 0.717) is 6.54 Å². The quantitative estimate of drug-likeness (QED) is 0.908. The van der Waals surface area contributed by atoms with Crippen LogP contribution in [0.5, 0.6) is 0 Å². The second-order valence-corrected chi connectivity index (χ2v) is 5.86. The van der Waals surface area contributed by atoms with Crippen LogP contribution in [0.2, 0.25) is 0 Å². The van der Waals surface area contributed by atoms with E-state index in [1.165, 1.54) is 28.0 Å². The van der Waals surface area contributed by atoms with E-state index in [9.17, 15) is 4.79 Å². The molecule has 0 saturated carbocycles. The summed E-state index contributed by atoms with van der Waals surface area (Å²) in [4.78, 5) is 17.2. The van der Waals surface area contributed by atoms with Gasteiger partial charge in [0.25, 0.3) is 5.91 Å². The summed E-state index contributed by atoms with van der Waals surface area (Å²) in [5.41, 5.74) is 4.79. The molecule has 20 heavy (non-hydrogen) atoms. The number of nitrogens with one attached hydrogen (secondary N) is 2. The lowest BCUT2D eigenvalue weighted by atomic mass is 9.96. The van der Waals surface area contributed by atoms with Crippen molar-refractivity contribution >= 4 is 17.2 Å². The van der Waals surface area contributed by atoms with Crippen LogP contribution in [0.3, 0.4) is 0 Å². The minimum absolute atomic E-state index is 0.00839. The van der Waals surface area contributed by atoms with Gasteiger partial charge in [-0.25, -0.2) is 0 Å². The highest BCUT2D eigenvalue weighted by Gasteiger charge is 2.16. The monoisotopic (exact) mass is 287 g/mol. The molecule has 0 radical (unpaired) electrons. The summed E-state index contributed by atoms with van der Waals surface area (Å²) in [6, 6.07) is 3.73. The summed E-state index contributed by atoms with van der Waals surface area (Å²) in [5, 5.41) is 8.27. The van der Waals surface area contributed by atoms with Gasteiger partial charge in [-0.2, -0.15) is 0 Å². The maximum absolute atomic E-state index is 12.0. The Morgan fingerprint density at radius 1 is 1.55 bits per heavy atom. The zero-order valence-corrected chi connectivity index (χ0v) is 12.2. The first-order valence-corrected chi connectivity index (χ1v) is 7.62. The van der Waals surface area contributed by atoms with E-state index < -0.39 is 0 Å². The van der Waals surface area contributed by atoms with Crippen molar-refractivity contribution in [2.75, 3.05) is 6.54 Å². The second kappa shape index (κ2) is 5.73. The molecule has 1 aliphatic rings. The Labute approximate surface area is 122 Å². The molecular formula is C15H17N3OS. The summed E-state index contributed by atoms with van der Waals surface area (Å²) in [6.45, 7) is 4.42. The number of hydrogen-bond donors (Lipinski definition) is 2. The van der Waals surface area contributed by atoms with Gasteiger partial charge < -0.3 is 10.6 Å². The number of aryl methyl sites for hydroxylation is 1. The Bertz CT molecular complexity index is 622. The number of hydrogen-bond acceptors (Lipinski definition) is 4. The number of carbonyl (C=O) groups excluding carboxylic acids is 1. The molecule has 0 unspecified atom stereocenters. The van der Waals surface area contributed by atoms with Gasteiger partial charge >= 0.3 is 0 Å². The Balaban J connectivity index is 1.79. The van der Waals surface area contributed by atoms with E-state index in [2.05, 4.69) is 15.6 Å². The van der Waals surface area contributed by atoms with Gasteiger partial charge in [0.2, 0.25) is 0 Å². The molecule has 0 bridgehead atoms. The van der Waals surface area contributed by atoms with Gasteiger partial charge in [-0.05, 0) is 48.0 Å². The fourth-order valence-electron chi connectivity index (χ4n) is 2.54. The SMILES string of the molecule is Cc1ncc2c(c1CNC(=O)c1cccs1)CCNC2. The average molecular weight is 287 g/mol. The first-order chi connectivity index (χ1) is 9.75. The van der Waals surface area contributed by atoms with Crippen LogP contribution < -0.4 is 10.6 Å². The van der Waals surface area contributed by atoms with E-state index in [0.717, 1.165) is 30.1 Å². The molecule has 5 heteroatoms. The molecule has 2 aromatic heterocycles. The lowest BCUT2D eigenvalue weighted by molar-refractivity contribution is 0.0955. The third kappa shape index (κ3) is 2.59. The molecule has 3 rings (SSSR count). The zero-order valence-electron chi connectivity index (χ0n) is 11.4.